The summed E-state index contributed by atoms with van der Waals surface area (Å²) in [6, 6.07) is 3.81. The number of morpholine rings is 1. The first-order valence-corrected chi connectivity index (χ1v) is 8.39. The van der Waals surface area contributed by atoms with E-state index in [1.807, 2.05) is 43.8 Å². The van der Waals surface area contributed by atoms with E-state index in [9.17, 15) is 4.79 Å². The quantitative estimate of drug-likeness (QED) is 0.855. The Morgan fingerprint density at radius 2 is 2.25 bits per heavy atom. The Bertz CT molecular complexity index is 744. The van der Waals surface area contributed by atoms with E-state index in [0.717, 1.165) is 5.69 Å². The Labute approximate surface area is 146 Å². The van der Waals surface area contributed by atoms with Crippen molar-refractivity contribution in [1.29, 1.82) is 0 Å². The largest absolute Gasteiger partial charge is 0.377 e. The maximum Gasteiger partial charge on any atom is 0.274 e. The molecule has 0 radical (unpaired) electrons. The van der Waals surface area contributed by atoms with Crippen LogP contribution in [-0.4, -0.2) is 45.1 Å². The molecule has 1 saturated heterocycles. The summed E-state index contributed by atoms with van der Waals surface area (Å²) in [6.45, 7) is 5.44. The fourth-order valence-corrected chi connectivity index (χ4v) is 3.03. The van der Waals surface area contributed by atoms with Gasteiger partial charge in [0.2, 0.25) is 0 Å². The number of halogens is 1. The third-order valence-corrected chi connectivity index (χ3v) is 4.47. The summed E-state index contributed by atoms with van der Waals surface area (Å²) in [7, 11) is 1.96. The van der Waals surface area contributed by atoms with E-state index < -0.39 is 0 Å². The Morgan fingerprint density at radius 1 is 1.46 bits per heavy atom. The molecule has 3 rings (SSSR count). The fraction of sp³-hybridized carbons (Fsp3) is 0.471. The average molecular weight is 349 g/mol. The van der Waals surface area contributed by atoms with Gasteiger partial charge in [-0.3, -0.25) is 4.79 Å². The number of aromatic nitrogens is 3. The third kappa shape index (κ3) is 3.16. The molecule has 0 spiro atoms. The molecule has 1 amide bonds. The number of ether oxygens (including phenoxy) is 1. The van der Waals surface area contributed by atoms with Gasteiger partial charge in [0, 0.05) is 31.4 Å². The second-order valence-corrected chi connectivity index (χ2v) is 6.62. The van der Waals surface area contributed by atoms with Crippen molar-refractivity contribution < 1.29 is 9.53 Å². The van der Waals surface area contributed by atoms with Crippen molar-refractivity contribution in [2.45, 2.75) is 25.8 Å². The highest BCUT2D eigenvalue weighted by Crippen LogP contribution is 2.27. The molecule has 1 aliphatic heterocycles. The van der Waals surface area contributed by atoms with Crippen molar-refractivity contribution in [2.24, 2.45) is 7.05 Å². The predicted molar refractivity (Wildman–Crippen MR) is 91.1 cm³/mol. The molecular weight excluding hydrogens is 328 g/mol. The van der Waals surface area contributed by atoms with E-state index in [2.05, 4.69) is 9.97 Å². The zero-order valence-corrected chi connectivity index (χ0v) is 14.8. The standard InChI is InChI=1S/C17H21ClN4O2/c1-11(2)16-19-9-12(18)15(20-16)17(23)22-7-8-24-10-14(22)13-5-4-6-21(13)3/h4-6,9,11,14H,7-8,10H2,1-3H3. The molecule has 1 aliphatic rings. The zero-order valence-electron chi connectivity index (χ0n) is 14.1. The van der Waals surface area contributed by atoms with Crippen LogP contribution in [0.1, 0.15) is 47.8 Å². The summed E-state index contributed by atoms with van der Waals surface area (Å²) in [4.78, 5) is 23.5. The van der Waals surface area contributed by atoms with Gasteiger partial charge in [-0.2, -0.15) is 0 Å². The summed E-state index contributed by atoms with van der Waals surface area (Å²) in [6.07, 6.45) is 3.47. The van der Waals surface area contributed by atoms with E-state index in [1.165, 1.54) is 6.20 Å². The molecule has 128 valence electrons. The van der Waals surface area contributed by atoms with E-state index in [-0.39, 0.29) is 28.6 Å². The lowest BCUT2D eigenvalue weighted by atomic mass is 10.1. The highest BCUT2D eigenvalue weighted by molar-refractivity contribution is 6.33. The number of amides is 1. The molecule has 0 saturated carbocycles. The van der Waals surface area contributed by atoms with E-state index in [1.54, 1.807) is 4.90 Å². The van der Waals surface area contributed by atoms with Crippen LogP contribution in [0.3, 0.4) is 0 Å². The predicted octanol–water partition coefficient (Wildman–Crippen LogP) is 2.81. The van der Waals surface area contributed by atoms with Crippen LogP contribution < -0.4 is 0 Å². The van der Waals surface area contributed by atoms with Crippen LogP contribution >= 0.6 is 11.6 Å². The monoisotopic (exact) mass is 348 g/mol. The molecule has 1 atom stereocenters. The summed E-state index contributed by atoms with van der Waals surface area (Å²) >= 11 is 6.21. The summed E-state index contributed by atoms with van der Waals surface area (Å²) in [5.74, 6) is 0.562. The molecule has 24 heavy (non-hydrogen) atoms. The van der Waals surface area contributed by atoms with Gasteiger partial charge in [-0.25, -0.2) is 9.97 Å². The molecule has 0 bridgehead atoms. The van der Waals surface area contributed by atoms with Crippen LogP contribution in [0.5, 0.6) is 0 Å². The van der Waals surface area contributed by atoms with Crippen molar-refractivity contribution in [3.05, 3.63) is 46.8 Å². The van der Waals surface area contributed by atoms with Gasteiger partial charge in [0.1, 0.15) is 5.82 Å². The van der Waals surface area contributed by atoms with Gasteiger partial charge in [0.05, 0.1) is 30.5 Å². The minimum Gasteiger partial charge on any atom is -0.377 e. The first kappa shape index (κ1) is 16.9. The van der Waals surface area contributed by atoms with E-state index in [4.69, 9.17) is 16.3 Å². The molecule has 7 heteroatoms. The molecule has 0 N–H and O–H groups in total. The molecule has 0 aliphatic carbocycles. The molecule has 0 aromatic carbocycles. The second kappa shape index (κ2) is 6.91. The second-order valence-electron chi connectivity index (χ2n) is 6.21. The van der Waals surface area contributed by atoms with Crippen molar-refractivity contribution in [1.82, 2.24) is 19.4 Å². The molecule has 2 aromatic rings. The summed E-state index contributed by atoms with van der Waals surface area (Å²) in [5.41, 5.74) is 1.29. The van der Waals surface area contributed by atoms with Gasteiger partial charge in [-0.1, -0.05) is 25.4 Å². The average Bonchev–Trinajstić information content (AvgIpc) is 3.00. The fourth-order valence-electron chi connectivity index (χ4n) is 2.86. The molecule has 1 fully saturated rings. The van der Waals surface area contributed by atoms with Gasteiger partial charge in [0.15, 0.2) is 5.69 Å². The molecule has 3 heterocycles. The maximum absolute atomic E-state index is 13.1. The minimum atomic E-state index is -0.182. The molecule has 1 unspecified atom stereocenters. The lowest BCUT2D eigenvalue weighted by Gasteiger charge is -2.35. The van der Waals surface area contributed by atoms with Gasteiger partial charge in [0.25, 0.3) is 5.91 Å². The topological polar surface area (TPSA) is 60.3 Å². The van der Waals surface area contributed by atoms with Crippen LogP contribution in [0.2, 0.25) is 5.02 Å². The van der Waals surface area contributed by atoms with E-state index in [0.29, 0.717) is 25.6 Å². The molecular formula is C17H21ClN4O2. The lowest BCUT2D eigenvalue weighted by molar-refractivity contribution is -0.00495. The van der Waals surface area contributed by atoms with Crippen molar-refractivity contribution in [3.63, 3.8) is 0 Å². The van der Waals surface area contributed by atoms with Gasteiger partial charge < -0.3 is 14.2 Å². The normalized spacial score (nSPS) is 18.2. The first-order valence-electron chi connectivity index (χ1n) is 8.01. The lowest BCUT2D eigenvalue weighted by Crippen LogP contribution is -2.44. The zero-order chi connectivity index (χ0) is 17.3. The number of nitrogens with zero attached hydrogens (tertiary/aromatic N) is 4. The SMILES string of the molecule is CC(C)c1ncc(Cl)c(C(=O)N2CCOCC2c2cccn2C)n1. The van der Waals surface area contributed by atoms with Crippen LogP contribution in [0, 0.1) is 0 Å². The van der Waals surface area contributed by atoms with E-state index >= 15 is 0 Å². The minimum absolute atomic E-state index is 0.127. The Morgan fingerprint density at radius 3 is 2.92 bits per heavy atom. The maximum atomic E-state index is 13.1. The smallest absolute Gasteiger partial charge is 0.274 e. The third-order valence-electron chi connectivity index (χ3n) is 4.20. The Hall–Kier alpha value is -1.92. The van der Waals surface area contributed by atoms with Gasteiger partial charge in [-0.05, 0) is 12.1 Å². The van der Waals surface area contributed by atoms with Crippen molar-refractivity contribution in [3.8, 4) is 0 Å². The molecule has 2 aromatic heterocycles. The van der Waals surface area contributed by atoms with Crippen molar-refractivity contribution >= 4 is 17.5 Å². The Kier molecular flexibility index (Phi) is 4.87. The van der Waals surface area contributed by atoms with Crippen molar-refractivity contribution in [2.75, 3.05) is 19.8 Å². The first-order chi connectivity index (χ1) is 11.5. The number of hydrogen-bond acceptors (Lipinski definition) is 4. The van der Waals surface area contributed by atoms with Gasteiger partial charge in [-0.15, -0.1) is 0 Å². The van der Waals surface area contributed by atoms with Crippen LogP contribution in [0.25, 0.3) is 0 Å². The van der Waals surface area contributed by atoms with Crippen LogP contribution in [0.15, 0.2) is 24.5 Å². The van der Waals surface area contributed by atoms with Crippen LogP contribution in [-0.2, 0) is 11.8 Å². The molecule has 6 nitrogen and oxygen atoms in total. The Balaban J connectivity index is 1.95. The highest BCUT2D eigenvalue weighted by atomic mass is 35.5. The number of rotatable bonds is 3. The number of carbonyl (C=O) groups excluding carboxylic acids is 1. The van der Waals surface area contributed by atoms with Gasteiger partial charge >= 0.3 is 0 Å². The number of carbonyl (C=O) groups is 1. The summed E-state index contributed by atoms with van der Waals surface area (Å²) < 4.78 is 7.60. The highest BCUT2D eigenvalue weighted by Gasteiger charge is 2.32. The summed E-state index contributed by atoms with van der Waals surface area (Å²) in [5, 5.41) is 0.279. The van der Waals surface area contributed by atoms with Crippen LogP contribution in [0.4, 0.5) is 0 Å². The number of aryl methyl sites for hydroxylation is 1. The number of hydrogen-bond donors (Lipinski definition) is 0.